The highest BCUT2D eigenvalue weighted by molar-refractivity contribution is 5.76. The van der Waals surface area contributed by atoms with Gasteiger partial charge in [-0.15, -0.1) is 0 Å². The second-order valence-corrected chi connectivity index (χ2v) is 15.1. The summed E-state index contributed by atoms with van der Waals surface area (Å²) in [6.07, 6.45) is 9.43. The number of carboxylic acid groups (broad SMARTS) is 1. The molecule has 34 heavy (non-hydrogen) atoms. The minimum atomic E-state index is -0.940. The van der Waals surface area contributed by atoms with Gasteiger partial charge in [-0.25, -0.2) is 0 Å². The quantitative estimate of drug-likeness (QED) is 0.418. The van der Waals surface area contributed by atoms with Crippen molar-refractivity contribution in [1.82, 2.24) is 0 Å². The Bertz CT molecular complexity index is 864. The lowest BCUT2D eigenvalue weighted by Crippen LogP contribution is -2.70. The zero-order valence-electron chi connectivity index (χ0n) is 22.8. The van der Waals surface area contributed by atoms with Crippen molar-refractivity contribution < 1.29 is 20.1 Å². The number of aliphatic carboxylic acids is 1. The number of aliphatic hydroxyl groups is 2. The second-order valence-electron chi connectivity index (χ2n) is 15.1. The smallest absolute Gasteiger partial charge is 0.310 e. The Hall–Kier alpha value is -0.610. The SMILES string of the molecule is CC1CC[C@]2(C(=O)O)CCC3(C)C(CCC4[C@@]5(C)CC[C@H](O)C(C)(C)C5CC[C@]43C)C2C1(C)O. The summed E-state index contributed by atoms with van der Waals surface area (Å²) in [5.41, 5.74) is -1.38. The van der Waals surface area contributed by atoms with Gasteiger partial charge in [0.2, 0.25) is 0 Å². The lowest BCUT2D eigenvalue weighted by Gasteiger charge is -2.74. The van der Waals surface area contributed by atoms with Crippen LogP contribution in [0.2, 0.25) is 0 Å². The predicted molar refractivity (Wildman–Crippen MR) is 134 cm³/mol. The Balaban J connectivity index is 1.58. The van der Waals surface area contributed by atoms with Crippen molar-refractivity contribution in [3.8, 4) is 0 Å². The molecule has 0 saturated heterocycles. The van der Waals surface area contributed by atoms with Crippen LogP contribution in [0.3, 0.4) is 0 Å². The van der Waals surface area contributed by atoms with Crippen LogP contribution in [-0.4, -0.2) is 33.0 Å². The summed E-state index contributed by atoms with van der Waals surface area (Å²) in [6, 6.07) is 0. The molecule has 5 aliphatic rings. The fraction of sp³-hybridized carbons (Fsp3) is 0.967. The fourth-order valence-corrected chi connectivity index (χ4v) is 11.7. The maximum Gasteiger partial charge on any atom is 0.310 e. The average molecular weight is 475 g/mol. The van der Waals surface area contributed by atoms with E-state index in [-0.39, 0.29) is 45.5 Å². The molecular formula is C30H50O4. The summed E-state index contributed by atoms with van der Waals surface area (Å²) in [4.78, 5) is 12.9. The van der Waals surface area contributed by atoms with E-state index in [2.05, 4.69) is 41.5 Å². The first-order chi connectivity index (χ1) is 15.6. The third kappa shape index (κ3) is 2.77. The standard InChI is InChI=1S/C30H50O4/c1-18-10-15-30(24(32)33)17-16-27(5)19(23(30)29(18,7)34)8-9-21-26(4)13-12-22(31)25(2,3)20(26)11-14-28(21,27)6/h18-23,31,34H,8-17H2,1-7H3,(H,32,33)/t18?,19?,20?,21?,22-,23?,26-,27?,28+,29?,30-/m0/s1. The lowest BCUT2D eigenvalue weighted by molar-refractivity contribution is -0.277. The molecule has 5 aliphatic carbocycles. The van der Waals surface area contributed by atoms with E-state index >= 15 is 0 Å². The minimum absolute atomic E-state index is 0.0365. The Kier molecular flexibility index (Phi) is 5.34. The largest absolute Gasteiger partial charge is 0.481 e. The van der Waals surface area contributed by atoms with Crippen molar-refractivity contribution in [3.05, 3.63) is 0 Å². The molecule has 5 rings (SSSR count). The summed E-state index contributed by atoms with van der Waals surface area (Å²) in [5.74, 6) is 0.660. The van der Waals surface area contributed by atoms with Gasteiger partial charge < -0.3 is 15.3 Å². The summed E-state index contributed by atoms with van der Waals surface area (Å²) in [6.45, 7) is 16.2. The van der Waals surface area contributed by atoms with Crippen LogP contribution in [0.25, 0.3) is 0 Å². The van der Waals surface area contributed by atoms with Crippen molar-refractivity contribution in [2.24, 2.45) is 56.7 Å². The van der Waals surface area contributed by atoms with Crippen LogP contribution in [0.4, 0.5) is 0 Å². The zero-order chi connectivity index (χ0) is 25.1. The highest BCUT2D eigenvalue weighted by Crippen LogP contribution is 2.77. The number of aliphatic hydroxyl groups excluding tert-OH is 1. The topological polar surface area (TPSA) is 77.8 Å². The molecule has 0 spiro atoms. The van der Waals surface area contributed by atoms with Gasteiger partial charge in [0.1, 0.15) is 0 Å². The van der Waals surface area contributed by atoms with Gasteiger partial charge in [-0.1, -0.05) is 41.5 Å². The maximum atomic E-state index is 12.9. The average Bonchev–Trinajstić information content (AvgIpc) is 2.74. The molecule has 0 aromatic rings. The van der Waals surface area contributed by atoms with Crippen LogP contribution >= 0.6 is 0 Å². The molecule has 0 amide bonds. The van der Waals surface area contributed by atoms with E-state index in [1.165, 1.54) is 0 Å². The molecule has 0 heterocycles. The van der Waals surface area contributed by atoms with Crippen LogP contribution < -0.4 is 0 Å². The zero-order valence-corrected chi connectivity index (χ0v) is 22.8. The van der Waals surface area contributed by atoms with E-state index in [0.717, 1.165) is 51.4 Å². The van der Waals surface area contributed by atoms with Crippen molar-refractivity contribution in [2.45, 2.75) is 124 Å². The molecule has 7 unspecified atom stereocenters. The van der Waals surface area contributed by atoms with Gasteiger partial charge in [0.25, 0.3) is 0 Å². The molecular weight excluding hydrogens is 424 g/mol. The monoisotopic (exact) mass is 474 g/mol. The van der Waals surface area contributed by atoms with E-state index in [0.29, 0.717) is 24.7 Å². The van der Waals surface area contributed by atoms with Crippen molar-refractivity contribution in [3.63, 3.8) is 0 Å². The Morgan fingerprint density at radius 3 is 2.09 bits per heavy atom. The molecule has 0 bridgehead atoms. The molecule has 0 aromatic carbocycles. The predicted octanol–water partition coefficient (Wildman–Crippen LogP) is 6.28. The first-order valence-corrected chi connectivity index (χ1v) is 14.2. The van der Waals surface area contributed by atoms with Crippen LogP contribution in [0, 0.1) is 56.7 Å². The normalized spacial score (nSPS) is 58.6. The molecule has 0 radical (unpaired) electrons. The number of hydrogen-bond donors (Lipinski definition) is 3. The Morgan fingerprint density at radius 1 is 0.765 bits per heavy atom. The molecule has 5 fully saturated rings. The van der Waals surface area contributed by atoms with Gasteiger partial charge >= 0.3 is 5.97 Å². The molecule has 3 N–H and O–H groups in total. The summed E-state index contributed by atoms with van der Waals surface area (Å²) >= 11 is 0. The van der Waals surface area contributed by atoms with Crippen molar-refractivity contribution >= 4 is 5.97 Å². The third-order valence-corrected chi connectivity index (χ3v) is 14.1. The minimum Gasteiger partial charge on any atom is -0.481 e. The summed E-state index contributed by atoms with van der Waals surface area (Å²) in [7, 11) is 0. The molecule has 4 heteroatoms. The van der Waals surface area contributed by atoms with Crippen molar-refractivity contribution in [1.29, 1.82) is 0 Å². The van der Waals surface area contributed by atoms with E-state index in [1.54, 1.807) is 0 Å². The van der Waals surface area contributed by atoms with E-state index in [9.17, 15) is 20.1 Å². The molecule has 5 saturated carbocycles. The molecule has 4 nitrogen and oxygen atoms in total. The number of fused-ring (bicyclic) bond motifs is 7. The lowest BCUT2D eigenvalue weighted by atomic mass is 9.31. The number of rotatable bonds is 1. The van der Waals surface area contributed by atoms with Crippen LogP contribution in [-0.2, 0) is 4.79 Å². The third-order valence-electron chi connectivity index (χ3n) is 14.1. The van der Waals surface area contributed by atoms with E-state index in [4.69, 9.17) is 0 Å². The van der Waals surface area contributed by atoms with Crippen LogP contribution in [0.1, 0.15) is 113 Å². The highest BCUT2D eigenvalue weighted by atomic mass is 16.4. The Morgan fingerprint density at radius 2 is 1.44 bits per heavy atom. The van der Waals surface area contributed by atoms with Crippen LogP contribution in [0.15, 0.2) is 0 Å². The van der Waals surface area contributed by atoms with Gasteiger partial charge in [0.05, 0.1) is 17.1 Å². The number of carboxylic acids is 1. The van der Waals surface area contributed by atoms with Gasteiger partial charge in [-0.3, -0.25) is 4.79 Å². The van der Waals surface area contributed by atoms with E-state index < -0.39 is 17.0 Å². The fourth-order valence-electron chi connectivity index (χ4n) is 11.7. The molecule has 0 aromatic heterocycles. The Labute approximate surface area is 207 Å². The van der Waals surface area contributed by atoms with Gasteiger partial charge in [-0.05, 0) is 116 Å². The first kappa shape index (κ1) is 25.1. The molecule has 0 aliphatic heterocycles. The van der Waals surface area contributed by atoms with Crippen LogP contribution in [0.5, 0.6) is 0 Å². The van der Waals surface area contributed by atoms with Crippen molar-refractivity contribution in [2.75, 3.05) is 0 Å². The number of hydrogen-bond acceptors (Lipinski definition) is 3. The summed E-state index contributed by atoms with van der Waals surface area (Å²) in [5, 5.41) is 33.4. The maximum absolute atomic E-state index is 12.9. The first-order valence-electron chi connectivity index (χ1n) is 14.2. The van der Waals surface area contributed by atoms with E-state index in [1.807, 2.05) is 6.92 Å². The summed E-state index contributed by atoms with van der Waals surface area (Å²) < 4.78 is 0. The number of carbonyl (C=O) groups is 1. The van der Waals surface area contributed by atoms with Gasteiger partial charge in [0, 0.05) is 5.92 Å². The highest BCUT2D eigenvalue weighted by Gasteiger charge is 2.73. The molecule has 11 atom stereocenters. The van der Waals surface area contributed by atoms with Gasteiger partial charge in [0.15, 0.2) is 0 Å². The second kappa shape index (κ2) is 7.24. The molecule has 194 valence electrons. The van der Waals surface area contributed by atoms with Gasteiger partial charge in [-0.2, -0.15) is 0 Å².